The lowest BCUT2D eigenvalue weighted by Crippen LogP contribution is -2.37. The van der Waals surface area contributed by atoms with Gasteiger partial charge in [-0.25, -0.2) is 4.57 Å². The van der Waals surface area contributed by atoms with Crippen LogP contribution < -0.4 is 0 Å². The molecule has 48 heavy (non-hydrogen) atoms. The Morgan fingerprint density at radius 3 is 1.56 bits per heavy atom. The molecular formula is C38H75NO8P+. The highest BCUT2D eigenvalue weighted by atomic mass is 31.2. The van der Waals surface area contributed by atoms with Crippen LogP contribution >= 0.6 is 7.82 Å². The molecule has 0 aliphatic rings. The van der Waals surface area contributed by atoms with E-state index in [-0.39, 0.29) is 32.0 Å². The molecule has 2 atom stereocenters. The number of hydrogen-bond acceptors (Lipinski definition) is 7. The first-order chi connectivity index (χ1) is 23.0. The van der Waals surface area contributed by atoms with E-state index in [4.69, 9.17) is 18.5 Å². The smallest absolute Gasteiger partial charge is 0.462 e. The van der Waals surface area contributed by atoms with Gasteiger partial charge in [0.05, 0.1) is 27.7 Å². The van der Waals surface area contributed by atoms with Gasteiger partial charge >= 0.3 is 19.8 Å². The Kier molecular flexibility index (Phi) is 30.9. The molecule has 0 heterocycles. The molecule has 284 valence electrons. The third-order valence-corrected chi connectivity index (χ3v) is 9.28. The molecular weight excluding hydrogens is 629 g/mol. The highest BCUT2D eigenvalue weighted by molar-refractivity contribution is 7.47. The number of phosphoric ester groups is 1. The highest BCUT2D eigenvalue weighted by Gasteiger charge is 2.27. The summed E-state index contributed by atoms with van der Waals surface area (Å²) in [4.78, 5) is 35.1. The number of likely N-dealkylation sites (N-methyl/N-ethyl adjacent to an activating group) is 1. The number of esters is 2. The summed E-state index contributed by atoms with van der Waals surface area (Å²) >= 11 is 0. The average Bonchev–Trinajstić information content (AvgIpc) is 3.02. The molecule has 0 saturated carbocycles. The zero-order valence-electron chi connectivity index (χ0n) is 31.7. The van der Waals surface area contributed by atoms with Crippen LogP contribution in [-0.2, 0) is 32.7 Å². The maximum absolute atomic E-state index is 12.6. The molecule has 10 heteroatoms. The molecule has 0 radical (unpaired) electrons. The predicted octanol–water partition coefficient (Wildman–Crippen LogP) is 10.2. The SMILES string of the molecule is CCCCCCCCCC/C=C/CCCCCC(=O)OC[C@@H](COP(=O)(O)OCC[N+](C)(C)C)OC(=O)CCCCCCCCCCC. The fourth-order valence-electron chi connectivity index (χ4n) is 5.18. The van der Waals surface area contributed by atoms with Crippen LogP contribution in [0.4, 0.5) is 0 Å². The monoisotopic (exact) mass is 705 g/mol. The van der Waals surface area contributed by atoms with E-state index in [1.165, 1.54) is 89.9 Å². The van der Waals surface area contributed by atoms with Crippen molar-refractivity contribution >= 4 is 19.8 Å². The normalized spacial score (nSPS) is 13.9. The van der Waals surface area contributed by atoms with Gasteiger partial charge in [0.2, 0.25) is 0 Å². The molecule has 0 aliphatic carbocycles. The molecule has 0 saturated heterocycles. The Labute approximate surface area is 295 Å². The third kappa shape index (κ3) is 34.6. The van der Waals surface area contributed by atoms with Crippen LogP contribution in [0, 0.1) is 0 Å². The first-order valence-electron chi connectivity index (χ1n) is 19.4. The largest absolute Gasteiger partial charge is 0.472 e. The van der Waals surface area contributed by atoms with Gasteiger partial charge in [-0.2, -0.15) is 0 Å². The molecule has 0 aromatic carbocycles. The second-order valence-corrected chi connectivity index (χ2v) is 15.8. The number of hydrogen-bond donors (Lipinski definition) is 1. The summed E-state index contributed by atoms with van der Waals surface area (Å²) < 4.78 is 34.1. The van der Waals surface area contributed by atoms with Crippen molar-refractivity contribution in [2.75, 3.05) is 47.5 Å². The second-order valence-electron chi connectivity index (χ2n) is 14.3. The Balaban J connectivity index is 4.40. The van der Waals surface area contributed by atoms with Crippen molar-refractivity contribution in [3.05, 3.63) is 12.2 Å². The van der Waals surface area contributed by atoms with Gasteiger partial charge < -0.3 is 18.9 Å². The molecule has 9 nitrogen and oxygen atoms in total. The number of carbonyl (C=O) groups excluding carboxylic acids is 2. The van der Waals surface area contributed by atoms with Crippen molar-refractivity contribution in [3.8, 4) is 0 Å². The van der Waals surface area contributed by atoms with E-state index in [2.05, 4.69) is 26.0 Å². The lowest BCUT2D eigenvalue weighted by molar-refractivity contribution is -0.870. The van der Waals surface area contributed by atoms with Crippen molar-refractivity contribution in [2.45, 2.75) is 174 Å². The van der Waals surface area contributed by atoms with Crippen molar-refractivity contribution in [1.82, 2.24) is 0 Å². The summed E-state index contributed by atoms with van der Waals surface area (Å²) in [6.07, 6.45) is 29.8. The van der Waals surface area contributed by atoms with Gasteiger partial charge in [-0.15, -0.1) is 0 Å². The molecule has 0 aliphatic heterocycles. The van der Waals surface area contributed by atoms with E-state index < -0.39 is 26.5 Å². The molecule has 1 unspecified atom stereocenters. The topological polar surface area (TPSA) is 108 Å². The van der Waals surface area contributed by atoms with Crippen LogP contribution in [0.1, 0.15) is 168 Å². The molecule has 0 aromatic rings. The Morgan fingerprint density at radius 2 is 1.06 bits per heavy atom. The van der Waals surface area contributed by atoms with E-state index >= 15 is 0 Å². The minimum atomic E-state index is -4.36. The number of phosphoric acid groups is 1. The van der Waals surface area contributed by atoms with E-state index in [9.17, 15) is 19.0 Å². The number of rotatable bonds is 35. The molecule has 0 fully saturated rings. The Morgan fingerprint density at radius 1 is 0.625 bits per heavy atom. The van der Waals surface area contributed by atoms with Crippen LogP contribution in [0.3, 0.4) is 0 Å². The molecule has 1 N–H and O–H groups in total. The first kappa shape index (κ1) is 46.8. The standard InChI is InChI=1S/C38H74NO8P/c1-6-8-10-12-14-16-17-18-19-20-21-23-24-26-28-30-37(40)44-34-36(35-46-48(42,43)45-33-32-39(3,4)5)47-38(41)31-29-27-25-22-15-13-11-9-7-2/h20-21,36H,6-19,22-35H2,1-5H3/p+1/b21-20+/t36-/m0/s1. The predicted molar refractivity (Wildman–Crippen MR) is 197 cm³/mol. The van der Waals surface area contributed by atoms with E-state index in [1.807, 2.05) is 21.1 Å². The molecule has 0 amide bonds. The van der Waals surface area contributed by atoms with Crippen molar-refractivity contribution in [2.24, 2.45) is 0 Å². The van der Waals surface area contributed by atoms with E-state index in [0.29, 0.717) is 17.4 Å². The number of quaternary nitrogens is 1. The maximum atomic E-state index is 12.6. The minimum absolute atomic E-state index is 0.0321. The van der Waals surface area contributed by atoms with Gasteiger partial charge in [0.15, 0.2) is 6.10 Å². The fraction of sp³-hybridized carbons (Fsp3) is 0.895. The lowest BCUT2D eigenvalue weighted by Gasteiger charge is -2.24. The van der Waals surface area contributed by atoms with Crippen LogP contribution in [-0.4, -0.2) is 74.9 Å². The van der Waals surface area contributed by atoms with E-state index in [1.54, 1.807) is 0 Å². The van der Waals surface area contributed by atoms with Crippen molar-refractivity contribution < 1.29 is 42.1 Å². The lowest BCUT2D eigenvalue weighted by atomic mass is 10.1. The molecule has 0 bridgehead atoms. The number of ether oxygens (including phenoxy) is 2. The van der Waals surface area contributed by atoms with Crippen LogP contribution in [0.25, 0.3) is 0 Å². The minimum Gasteiger partial charge on any atom is -0.462 e. The van der Waals surface area contributed by atoms with E-state index in [0.717, 1.165) is 44.9 Å². The number of nitrogens with zero attached hydrogens (tertiary/aromatic N) is 1. The zero-order valence-corrected chi connectivity index (χ0v) is 32.6. The molecule has 0 aromatic heterocycles. The van der Waals surface area contributed by atoms with Gasteiger partial charge in [-0.1, -0.05) is 129 Å². The van der Waals surface area contributed by atoms with Gasteiger partial charge in [-0.3, -0.25) is 18.6 Å². The van der Waals surface area contributed by atoms with Gasteiger partial charge in [0.25, 0.3) is 0 Å². The van der Waals surface area contributed by atoms with Crippen molar-refractivity contribution in [3.63, 3.8) is 0 Å². The summed E-state index contributed by atoms with van der Waals surface area (Å²) in [7, 11) is 1.47. The maximum Gasteiger partial charge on any atom is 0.472 e. The van der Waals surface area contributed by atoms with Gasteiger partial charge in [0, 0.05) is 12.8 Å². The molecule has 0 spiro atoms. The number of unbranched alkanes of at least 4 members (excludes halogenated alkanes) is 19. The summed E-state index contributed by atoms with van der Waals surface area (Å²) in [5, 5.41) is 0. The number of carbonyl (C=O) groups is 2. The Hall–Kier alpha value is -1.25. The van der Waals surface area contributed by atoms with Crippen LogP contribution in [0.15, 0.2) is 12.2 Å². The second kappa shape index (κ2) is 31.7. The van der Waals surface area contributed by atoms with Gasteiger partial charge in [-0.05, 0) is 38.5 Å². The number of allylic oxidation sites excluding steroid dienone is 2. The van der Waals surface area contributed by atoms with Crippen LogP contribution in [0.5, 0.6) is 0 Å². The average molecular weight is 705 g/mol. The summed E-state index contributed by atoms with van der Waals surface area (Å²) in [5.74, 6) is -0.816. The Bertz CT molecular complexity index is 845. The quantitative estimate of drug-likeness (QED) is 0.0228. The van der Waals surface area contributed by atoms with Crippen molar-refractivity contribution in [1.29, 1.82) is 0 Å². The summed E-state index contributed by atoms with van der Waals surface area (Å²) in [6.45, 7) is 4.37. The summed E-state index contributed by atoms with van der Waals surface area (Å²) in [6, 6.07) is 0. The first-order valence-corrected chi connectivity index (χ1v) is 20.9. The van der Waals surface area contributed by atoms with Crippen LogP contribution in [0.2, 0.25) is 0 Å². The fourth-order valence-corrected chi connectivity index (χ4v) is 5.93. The van der Waals surface area contributed by atoms with Gasteiger partial charge in [0.1, 0.15) is 19.8 Å². The molecule has 0 rings (SSSR count). The zero-order chi connectivity index (χ0) is 35.8. The highest BCUT2D eigenvalue weighted by Crippen LogP contribution is 2.43. The summed E-state index contributed by atoms with van der Waals surface area (Å²) in [5.41, 5.74) is 0. The third-order valence-electron chi connectivity index (χ3n) is 8.30.